The molecule has 0 aliphatic carbocycles. The molecule has 0 radical (unpaired) electrons. The first-order valence-corrected chi connectivity index (χ1v) is 12.0. The minimum atomic E-state index is -1.21. The number of benzene rings is 1. The summed E-state index contributed by atoms with van der Waals surface area (Å²) in [6, 6.07) is 2.94. The van der Waals surface area contributed by atoms with Gasteiger partial charge in [-0.05, 0) is 6.07 Å². The van der Waals surface area contributed by atoms with Gasteiger partial charge in [-0.1, -0.05) is 0 Å². The molecule has 1 aromatic carbocycles. The predicted molar refractivity (Wildman–Crippen MR) is 134 cm³/mol. The molecule has 1 unspecified atom stereocenters. The van der Waals surface area contributed by atoms with E-state index in [1.807, 2.05) is 0 Å². The molecule has 216 valence electrons. The van der Waals surface area contributed by atoms with Crippen LogP contribution in [0.5, 0.6) is 5.75 Å². The number of hydrogen-bond donors (Lipinski definition) is 4. The Bertz CT molecular complexity index is 1050. The SMILES string of the molecule is COc1ccc([N+](=O)[O-])cc1C1CN(CC(=O)O)CCN(CC(=O)O)CCN(CC(=O)O)CCN1CC(=O)O. The van der Waals surface area contributed by atoms with Gasteiger partial charge in [0.1, 0.15) is 5.75 Å². The van der Waals surface area contributed by atoms with Crippen molar-refractivity contribution in [3.05, 3.63) is 33.9 Å². The quantitative estimate of drug-likeness (QED) is 0.194. The Hall–Kier alpha value is -3.86. The minimum absolute atomic E-state index is 0.00986. The first-order chi connectivity index (χ1) is 18.4. The average molecular weight is 556 g/mol. The van der Waals surface area contributed by atoms with Crippen molar-refractivity contribution in [1.82, 2.24) is 19.6 Å². The fourth-order valence-corrected chi connectivity index (χ4v) is 4.45. The van der Waals surface area contributed by atoms with E-state index in [-0.39, 0.29) is 75.9 Å². The molecule has 2 rings (SSSR count). The summed E-state index contributed by atoms with van der Waals surface area (Å²) < 4.78 is 5.42. The Labute approximate surface area is 223 Å². The third kappa shape index (κ3) is 10.4. The number of methoxy groups -OCH3 is 1. The van der Waals surface area contributed by atoms with Gasteiger partial charge in [0.05, 0.1) is 44.3 Å². The van der Waals surface area contributed by atoms with E-state index in [0.29, 0.717) is 0 Å². The van der Waals surface area contributed by atoms with E-state index < -0.39 is 47.9 Å². The molecule has 1 fully saturated rings. The van der Waals surface area contributed by atoms with Crippen LogP contribution in [-0.2, 0) is 19.2 Å². The maximum atomic E-state index is 11.9. The van der Waals surface area contributed by atoms with Crippen molar-refractivity contribution in [1.29, 1.82) is 0 Å². The topological polar surface area (TPSA) is 215 Å². The fourth-order valence-electron chi connectivity index (χ4n) is 4.45. The number of carboxylic acids is 4. The van der Waals surface area contributed by atoms with Crippen LogP contribution in [0.4, 0.5) is 5.69 Å². The molecule has 0 aromatic heterocycles. The van der Waals surface area contributed by atoms with Crippen LogP contribution in [0.1, 0.15) is 11.6 Å². The number of carbonyl (C=O) groups is 4. The molecule has 0 spiro atoms. The van der Waals surface area contributed by atoms with E-state index in [9.17, 15) is 49.7 Å². The van der Waals surface area contributed by atoms with Crippen molar-refractivity contribution in [3.63, 3.8) is 0 Å². The maximum absolute atomic E-state index is 11.9. The number of ether oxygens (including phenoxy) is 1. The number of aliphatic carboxylic acids is 4. The second-order valence-corrected chi connectivity index (χ2v) is 9.03. The molecule has 1 heterocycles. The summed E-state index contributed by atoms with van der Waals surface area (Å²) in [6.07, 6.45) is 0. The van der Waals surface area contributed by atoms with Crippen LogP contribution in [0, 0.1) is 10.1 Å². The number of hydrogen-bond acceptors (Lipinski definition) is 11. The van der Waals surface area contributed by atoms with Crippen LogP contribution < -0.4 is 4.74 Å². The Morgan fingerprint density at radius 1 is 0.821 bits per heavy atom. The summed E-state index contributed by atoms with van der Waals surface area (Å²) in [4.78, 5) is 63.4. The lowest BCUT2D eigenvalue weighted by Crippen LogP contribution is -2.50. The lowest BCUT2D eigenvalue weighted by Gasteiger charge is -2.38. The fraction of sp³-hybridized carbons (Fsp3) is 0.565. The van der Waals surface area contributed by atoms with Crippen molar-refractivity contribution in [2.75, 3.05) is 79.1 Å². The highest BCUT2D eigenvalue weighted by Crippen LogP contribution is 2.33. The van der Waals surface area contributed by atoms with Crippen molar-refractivity contribution in [2.45, 2.75) is 6.04 Å². The summed E-state index contributed by atoms with van der Waals surface area (Å²) in [6.45, 7) is -1.17. The second-order valence-electron chi connectivity index (χ2n) is 9.03. The van der Waals surface area contributed by atoms with E-state index in [4.69, 9.17) is 4.74 Å². The van der Waals surface area contributed by atoms with Crippen LogP contribution in [0.25, 0.3) is 0 Å². The second kappa shape index (κ2) is 14.9. The molecule has 1 saturated heterocycles. The van der Waals surface area contributed by atoms with Crippen LogP contribution in [-0.4, -0.2) is 148 Å². The molecule has 1 aliphatic heterocycles. The lowest BCUT2D eigenvalue weighted by atomic mass is 10.0. The number of non-ortho nitro benzene ring substituents is 1. The van der Waals surface area contributed by atoms with Gasteiger partial charge in [-0.25, -0.2) is 0 Å². The van der Waals surface area contributed by atoms with E-state index in [2.05, 4.69) is 0 Å². The van der Waals surface area contributed by atoms with Gasteiger partial charge in [0.15, 0.2) is 0 Å². The number of nitro groups is 1. The zero-order chi connectivity index (χ0) is 29.1. The molecule has 39 heavy (non-hydrogen) atoms. The van der Waals surface area contributed by atoms with Gasteiger partial charge in [-0.3, -0.25) is 48.9 Å². The highest BCUT2D eigenvalue weighted by atomic mass is 16.6. The van der Waals surface area contributed by atoms with Gasteiger partial charge in [0, 0.05) is 63.5 Å². The third-order valence-corrected chi connectivity index (χ3v) is 6.24. The molecule has 0 bridgehead atoms. The monoisotopic (exact) mass is 555 g/mol. The van der Waals surface area contributed by atoms with E-state index in [1.165, 1.54) is 35.1 Å². The van der Waals surface area contributed by atoms with E-state index in [0.717, 1.165) is 0 Å². The third-order valence-electron chi connectivity index (χ3n) is 6.24. The summed E-state index contributed by atoms with van der Waals surface area (Å²) in [5.74, 6) is -4.39. The summed E-state index contributed by atoms with van der Waals surface area (Å²) in [7, 11) is 1.34. The van der Waals surface area contributed by atoms with Gasteiger partial charge in [0.25, 0.3) is 5.69 Å². The zero-order valence-corrected chi connectivity index (χ0v) is 21.5. The number of carboxylic acid groups (broad SMARTS) is 4. The molecular weight excluding hydrogens is 522 g/mol. The number of nitrogens with zero attached hydrogens (tertiary/aromatic N) is 5. The maximum Gasteiger partial charge on any atom is 0.317 e. The molecule has 1 aliphatic rings. The smallest absolute Gasteiger partial charge is 0.317 e. The van der Waals surface area contributed by atoms with Crippen LogP contribution in [0.3, 0.4) is 0 Å². The molecule has 16 heteroatoms. The van der Waals surface area contributed by atoms with Gasteiger partial charge < -0.3 is 25.2 Å². The average Bonchev–Trinajstić information content (AvgIpc) is 2.83. The molecule has 16 nitrogen and oxygen atoms in total. The van der Waals surface area contributed by atoms with Crippen molar-refractivity contribution < 1.29 is 49.3 Å². The van der Waals surface area contributed by atoms with Gasteiger partial charge in [0.2, 0.25) is 0 Å². The van der Waals surface area contributed by atoms with Gasteiger partial charge >= 0.3 is 23.9 Å². The predicted octanol–water partition coefficient (Wildman–Crippen LogP) is -0.795. The Balaban J connectivity index is 2.62. The molecule has 4 N–H and O–H groups in total. The number of rotatable bonds is 11. The first kappa shape index (κ1) is 31.4. The highest BCUT2D eigenvalue weighted by Gasteiger charge is 2.31. The molecule has 0 amide bonds. The molecule has 1 aromatic rings. The summed E-state index contributed by atoms with van der Waals surface area (Å²) >= 11 is 0. The van der Waals surface area contributed by atoms with Gasteiger partial charge in [-0.15, -0.1) is 0 Å². The zero-order valence-electron chi connectivity index (χ0n) is 21.5. The molecule has 0 saturated carbocycles. The minimum Gasteiger partial charge on any atom is -0.496 e. The van der Waals surface area contributed by atoms with E-state index in [1.54, 1.807) is 9.80 Å². The lowest BCUT2D eigenvalue weighted by molar-refractivity contribution is -0.385. The van der Waals surface area contributed by atoms with Crippen LogP contribution >= 0.6 is 0 Å². The Kier molecular flexibility index (Phi) is 12.0. The first-order valence-electron chi connectivity index (χ1n) is 12.0. The van der Waals surface area contributed by atoms with Crippen molar-refractivity contribution in [2.24, 2.45) is 0 Å². The Morgan fingerprint density at radius 3 is 1.74 bits per heavy atom. The van der Waals surface area contributed by atoms with Crippen LogP contribution in [0.2, 0.25) is 0 Å². The molecular formula is C23H33N5O11. The van der Waals surface area contributed by atoms with Crippen molar-refractivity contribution in [3.8, 4) is 5.75 Å². The normalized spacial score (nSPS) is 18.9. The Morgan fingerprint density at radius 2 is 1.28 bits per heavy atom. The summed E-state index contributed by atoms with van der Waals surface area (Å²) in [5, 5.41) is 49.4. The highest BCUT2D eigenvalue weighted by molar-refractivity contribution is 5.70. The largest absolute Gasteiger partial charge is 0.496 e. The van der Waals surface area contributed by atoms with Crippen LogP contribution in [0.15, 0.2) is 18.2 Å². The summed E-state index contributed by atoms with van der Waals surface area (Å²) in [5.41, 5.74) is -0.0234. The van der Waals surface area contributed by atoms with Gasteiger partial charge in [-0.2, -0.15) is 0 Å². The van der Waals surface area contributed by atoms with E-state index >= 15 is 0 Å². The van der Waals surface area contributed by atoms with Crippen molar-refractivity contribution >= 4 is 29.6 Å². The number of nitro benzene ring substituents is 1. The standard InChI is InChI=1S/C23H33N5O11/c1-39-19-3-2-16(28(37)38)10-17(19)18-11-26(14-22(33)34)7-6-24(12-20(29)30)4-5-25(13-21(31)32)8-9-27(18)15-23(35)36/h2-3,10,18H,4-9,11-15H2,1H3,(H,29,30)(H,31,32)(H,33,34)(H,35,36). The molecule has 1 atom stereocenters.